The summed E-state index contributed by atoms with van der Waals surface area (Å²) in [5.74, 6) is 1.50. The van der Waals surface area contributed by atoms with Crippen LogP contribution in [0.1, 0.15) is 46.5 Å². The van der Waals surface area contributed by atoms with Crippen molar-refractivity contribution in [2.75, 3.05) is 6.61 Å². The van der Waals surface area contributed by atoms with Crippen molar-refractivity contribution in [3.8, 4) is 0 Å². The van der Waals surface area contributed by atoms with Crippen LogP contribution in [0.15, 0.2) is 11.6 Å². The highest BCUT2D eigenvalue weighted by atomic mass is 16.5. The zero-order valence-electron chi connectivity index (χ0n) is 9.68. The van der Waals surface area contributed by atoms with Gasteiger partial charge in [0.1, 0.15) is 0 Å². The second-order valence-corrected chi connectivity index (χ2v) is 5.34. The second-order valence-electron chi connectivity index (χ2n) is 5.34. The maximum atomic E-state index is 5.95. The molecule has 1 nitrogen and oxygen atoms in total. The molecule has 0 N–H and O–H groups in total. The highest BCUT2D eigenvalue weighted by Crippen LogP contribution is 2.43. The molecule has 14 heavy (non-hydrogen) atoms. The van der Waals surface area contributed by atoms with Crippen molar-refractivity contribution in [1.82, 2.24) is 0 Å². The first-order chi connectivity index (χ1) is 6.62. The van der Waals surface area contributed by atoms with Crippen LogP contribution in [0.2, 0.25) is 0 Å². The Morgan fingerprint density at radius 1 is 1.50 bits per heavy atom. The Hall–Kier alpha value is -0.300. The minimum atomic E-state index is 0.163. The van der Waals surface area contributed by atoms with Gasteiger partial charge in [0.05, 0.1) is 5.60 Å². The SMILES string of the molecule is CC(C)C1=CCC2(C)OCCCC2C1. The number of hydrogen-bond donors (Lipinski definition) is 0. The van der Waals surface area contributed by atoms with E-state index in [9.17, 15) is 0 Å². The lowest BCUT2D eigenvalue weighted by Crippen LogP contribution is -2.43. The molecule has 1 saturated heterocycles. The summed E-state index contributed by atoms with van der Waals surface area (Å²) in [6.07, 6.45) is 7.44. The van der Waals surface area contributed by atoms with Crippen LogP contribution in [-0.2, 0) is 4.74 Å². The zero-order valence-corrected chi connectivity index (χ0v) is 9.68. The average molecular weight is 194 g/mol. The van der Waals surface area contributed by atoms with Crippen molar-refractivity contribution < 1.29 is 4.74 Å². The number of allylic oxidation sites excluding steroid dienone is 1. The van der Waals surface area contributed by atoms with Gasteiger partial charge in [0.25, 0.3) is 0 Å². The number of ether oxygens (including phenoxy) is 1. The van der Waals surface area contributed by atoms with E-state index in [0.717, 1.165) is 24.9 Å². The Labute approximate surface area is 87.5 Å². The highest BCUT2D eigenvalue weighted by Gasteiger charge is 2.39. The zero-order chi connectivity index (χ0) is 10.2. The molecule has 1 heteroatoms. The Kier molecular flexibility index (Phi) is 2.70. The molecule has 0 radical (unpaired) electrons. The number of rotatable bonds is 1. The summed E-state index contributed by atoms with van der Waals surface area (Å²) in [4.78, 5) is 0. The van der Waals surface area contributed by atoms with E-state index in [1.165, 1.54) is 19.3 Å². The fraction of sp³-hybridized carbons (Fsp3) is 0.846. The Morgan fingerprint density at radius 2 is 2.29 bits per heavy atom. The molecule has 80 valence electrons. The molecule has 0 aromatic carbocycles. The molecular formula is C13H22O. The van der Waals surface area contributed by atoms with E-state index in [4.69, 9.17) is 4.74 Å². The summed E-state index contributed by atoms with van der Waals surface area (Å²) in [6, 6.07) is 0. The molecular weight excluding hydrogens is 172 g/mol. The van der Waals surface area contributed by atoms with Crippen LogP contribution in [-0.4, -0.2) is 12.2 Å². The Balaban J connectivity index is 2.13. The van der Waals surface area contributed by atoms with Gasteiger partial charge in [-0.15, -0.1) is 0 Å². The summed E-state index contributed by atoms with van der Waals surface area (Å²) >= 11 is 0. The molecule has 1 aliphatic heterocycles. The lowest BCUT2D eigenvalue weighted by atomic mass is 9.71. The fourth-order valence-electron chi connectivity index (χ4n) is 2.77. The summed E-state index contributed by atoms with van der Waals surface area (Å²) < 4.78 is 5.95. The average Bonchev–Trinajstić information content (AvgIpc) is 2.16. The summed E-state index contributed by atoms with van der Waals surface area (Å²) in [6.45, 7) is 7.87. The van der Waals surface area contributed by atoms with Gasteiger partial charge in [0.2, 0.25) is 0 Å². The lowest BCUT2D eigenvalue weighted by molar-refractivity contribution is -0.108. The van der Waals surface area contributed by atoms with Crippen molar-refractivity contribution in [2.45, 2.75) is 52.1 Å². The van der Waals surface area contributed by atoms with Crippen LogP contribution in [0, 0.1) is 11.8 Å². The van der Waals surface area contributed by atoms with Crippen LogP contribution >= 0.6 is 0 Å². The Morgan fingerprint density at radius 3 is 3.00 bits per heavy atom. The first-order valence-corrected chi connectivity index (χ1v) is 5.95. The van der Waals surface area contributed by atoms with E-state index in [-0.39, 0.29) is 5.60 Å². The van der Waals surface area contributed by atoms with E-state index in [2.05, 4.69) is 26.8 Å². The molecule has 2 unspecified atom stereocenters. The van der Waals surface area contributed by atoms with Gasteiger partial charge in [-0.25, -0.2) is 0 Å². The molecule has 0 bridgehead atoms. The molecule has 2 rings (SSSR count). The van der Waals surface area contributed by atoms with E-state index in [0.29, 0.717) is 0 Å². The largest absolute Gasteiger partial charge is 0.375 e. The fourth-order valence-corrected chi connectivity index (χ4v) is 2.77. The maximum Gasteiger partial charge on any atom is 0.0719 e. The summed E-state index contributed by atoms with van der Waals surface area (Å²) in [7, 11) is 0. The number of hydrogen-bond acceptors (Lipinski definition) is 1. The van der Waals surface area contributed by atoms with Crippen LogP contribution < -0.4 is 0 Å². The van der Waals surface area contributed by atoms with Crippen molar-refractivity contribution in [1.29, 1.82) is 0 Å². The number of fused-ring (bicyclic) bond motifs is 1. The van der Waals surface area contributed by atoms with Crippen molar-refractivity contribution in [2.24, 2.45) is 11.8 Å². The Bertz CT molecular complexity index is 242. The van der Waals surface area contributed by atoms with Crippen molar-refractivity contribution in [3.05, 3.63) is 11.6 Å². The van der Waals surface area contributed by atoms with Gasteiger partial charge in [-0.3, -0.25) is 0 Å². The first kappa shape index (κ1) is 10.2. The third-order valence-corrected chi connectivity index (χ3v) is 3.99. The molecule has 1 heterocycles. The predicted molar refractivity (Wildman–Crippen MR) is 59.2 cm³/mol. The first-order valence-electron chi connectivity index (χ1n) is 5.95. The van der Waals surface area contributed by atoms with Crippen LogP contribution in [0.4, 0.5) is 0 Å². The van der Waals surface area contributed by atoms with Gasteiger partial charge >= 0.3 is 0 Å². The van der Waals surface area contributed by atoms with E-state index < -0.39 is 0 Å². The van der Waals surface area contributed by atoms with E-state index >= 15 is 0 Å². The van der Waals surface area contributed by atoms with Crippen LogP contribution in [0.25, 0.3) is 0 Å². The molecule has 1 fully saturated rings. The van der Waals surface area contributed by atoms with Gasteiger partial charge in [-0.1, -0.05) is 25.5 Å². The summed E-state index contributed by atoms with van der Waals surface area (Å²) in [5, 5.41) is 0. The minimum Gasteiger partial charge on any atom is -0.375 e. The van der Waals surface area contributed by atoms with Gasteiger partial charge in [0.15, 0.2) is 0 Å². The predicted octanol–water partition coefficient (Wildman–Crippen LogP) is 3.55. The van der Waals surface area contributed by atoms with Gasteiger partial charge in [0, 0.05) is 6.61 Å². The monoisotopic (exact) mass is 194 g/mol. The normalized spacial score (nSPS) is 38.0. The van der Waals surface area contributed by atoms with Crippen LogP contribution in [0.5, 0.6) is 0 Å². The standard InChI is InChI=1S/C13H22O/c1-10(2)11-6-7-13(3)12(9-11)5-4-8-14-13/h6,10,12H,4-5,7-9H2,1-3H3. The quantitative estimate of drug-likeness (QED) is 0.580. The van der Waals surface area contributed by atoms with E-state index in [1.807, 2.05) is 0 Å². The van der Waals surface area contributed by atoms with Crippen molar-refractivity contribution >= 4 is 0 Å². The molecule has 0 amide bonds. The molecule has 0 aromatic rings. The second kappa shape index (κ2) is 3.69. The molecule has 0 aromatic heterocycles. The third kappa shape index (κ3) is 1.75. The lowest BCUT2D eigenvalue weighted by Gasteiger charge is -2.44. The van der Waals surface area contributed by atoms with Gasteiger partial charge < -0.3 is 4.74 Å². The highest BCUT2D eigenvalue weighted by molar-refractivity contribution is 5.15. The van der Waals surface area contributed by atoms with Gasteiger partial charge in [-0.2, -0.15) is 0 Å². The molecule has 2 atom stereocenters. The molecule has 2 aliphatic rings. The van der Waals surface area contributed by atoms with Gasteiger partial charge in [-0.05, 0) is 44.4 Å². The molecule has 1 aliphatic carbocycles. The smallest absolute Gasteiger partial charge is 0.0719 e. The third-order valence-electron chi connectivity index (χ3n) is 3.99. The van der Waals surface area contributed by atoms with Crippen molar-refractivity contribution in [3.63, 3.8) is 0 Å². The summed E-state index contributed by atoms with van der Waals surface area (Å²) in [5.41, 5.74) is 1.81. The molecule has 0 spiro atoms. The van der Waals surface area contributed by atoms with E-state index in [1.54, 1.807) is 5.57 Å². The minimum absolute atomic E-state index is 0.163. The topological polar surface area (TPSA) is 9.23 Å². The maximum absolute atomic E-state index is 5.95. The van der Waals surface area contributed by atoms with Crippen LogP contribution in [0.3, 0.4) is 0 Å². The molecule has 0 saturated carbocycles.